The topological polar surface area (TPSA) is 40.1 Å². The monoisotopic (exact) mass is 122 g/mol. The molecule has 0 rings (SSSR count). The predicted molar refractivity (Wildman–Crippen MR) is 18.7 cm³/mol. The summed E-state index contributed by atoms with van der Waals surface area (Å²) in [5.41, 5.74) is 2.03. The van der Waals surface area contributed by atoms with Crippen LogP contribution >= 0.6 is 0 Å². The molecule has 0 radical (unpaired) electrons. The van der Waals surface area contributed by atoms with Crippen molar-refractivity contribution in [1.82, 2.24) is 0 Å². The van der Waals surface area contributed by atoms with E-state index >= 15 is 0 Å². The quantitative estimate of drug-likeness (QED) is 0.202. The van der Waals surface area contributed by atoms with Gasteiger partial charge in [-0.2, -0.15) is 0 Å². The average Bonchev–Trinajstić information content (AvgIpc) is 1.35. The van der Waals surface area contributed by atoms with E-state index in [1.165, 1.54) is 0 Å². The van der Waals surface area contributed by atoms with E-state index in [0.29, 0.717) is 0 Å². The molecule has 0 bridgehead atoms. The molecule has 0 saturated carbocycles. The van der Waals surface area contributed by atoms with Crippen molar-refractivity contribution in [2.24, 2.45) is 0 Å². The summed E-state index contributed by atoms with van der Waals surface area (Å²) in [7, 11) is 0. The van der Waals surface area contributed by atoms with Gasteiger partial charge in [-0.25, -0.2) is 0 Å². The van der Waals surface area contributed by atoms with Crippen molar-refractivity contribution >= 4 is 5.97 Å². The molecular weight excluding hydrogens is 119 g/mol. The first-order valence-corrected chi connectivity index (χ1v) is 1.34. The van der Waals surface area contributed by atoms with E-state index in [9.17, 15) is 9.90 Å². The van der Waals surface area contributed by atoms with Gasteiger partial charge in [0.25, 0.3) is 0 Å². The van der Waals surface area contributed by atoms with Crippen molar-refractivity contribution in [2.75, 3.05) is 0 Å². The smallest absolute Gasteiger partial charge is 0.545 e. The maximum Gasteiger partial charge on any atom is 1.00 e. The number of aliphatic carboxylic acids is 1. The molecule has 0 atom stereocenters. The fourth-order valence-corrected chi connectivity index (χ4v) is 0.0833. The summed E-state index contributed by atoms with van der Waals surface area (Å²) in [5.74, 6) is -1.26. The van der Waals surface area contributed by atoms with Gasteiger partial charge in [-0.15, -0.1) is 5.73 Å². The van der Waals surface area contributed by atoms with Crippen LogP contribution in [0.5, 0.6) is 0 Å². The molecule has 0 heterocycles. The van der Waals surface area contributed by atoms with Gasteiger partial charge >= 0.3 is 51.4 Å². The zero-order chi connectivity index (χ0) is 4.99. The first-order valence-electron chi connectivity index (χ1n) is 1.34. The summed E-state index contributed by atoms with van der Waals surface area (Å²) in [6.07, 6.45) is 0.736. The molecular formula is C4H3KO2. The van der Waals surface area contributed by atoms with Gasteiger partial charge in [0.15, 0.2) is 0 Å². The number of carboxylic acid groups (broad SMARTS) is 1. The Balaban J connectivity index is 0. The maximum atomic E-state index is 9.33. The van der Waals surface area contributed by atoms with Gasteiger partial charge in [0.2, 0.25) is 0 Å². The Labute approximate surface area is 84.3 Å². The Morgan fingerprint density at radius 1 is 1.86 bits per heavy atom. The van der Waals surface area contributed by atoms with Crippen LogP contribution < -0.4 is 56.5 Å². The molecule has 0 aliphatic rings. The molecule has 0 aliphatic heterocycles. The minimum absolute atomic E-state index is 0. The van der Waals surface area contributed by atoms with Crippen molar-refractivity contribution in [3.05, 3.63) is 18.4 Å². The predicted octanol–water partition coefficient (Wildman–Crippen LogP) is -3.92. The molecule has 0 saturated heterocycles. The zero-order valence-corrected chi connectivity index (χ0v) is 7.22. The van der Waals surface area contributed by atoms with E-state index in [4.69, 9.17) is 0 Å². The molecule has 0 aromatic carbocycles. The van der Waals surface area contributed by atoms with E-state index in [1.807, 2.05) is 5.73 Å². The van der Waals surface area contributed by atoms with E-state index < -0.39 is 5.97 Å². The van der Waals surface area contributed by atoms with E-state index in [-0.39, 0.29) is 51.4 Å². The van der Waals surface area contributed by atoms with Crippen LogP contribution in [0.3, 0.4) is 0 Å². The Morgan fingerprint density at radius 3 is 2.29 bits per heavy atom. The second kappa shape index (κ2) is 6.63. The normalized spacial score (nSPS) is 5.14. The molecule has 32 valence electrons. The molecule has 0 spiro atoms. The van der Waals surface area contributed by atoms with Gasteiger partial charge in [0.1, 0.15) is 0 Å². The minimum Gasteiger partial charge on any atom is -0.545 e. The van der Waals surface area contributed by atoms with Crippen molar-refractivity contribution in [2.45, 2.75) is 0 Å². The minimum atomic E-state index is -1.26. The van der Waals surface area contributed by atoms with E-state index in [0.717, 1.165) is 6.08 Å². The molecule has 0 unspecified atom stereocenters. The second-order valence-electron chi connectivity index (χ2n) is 0.667. The molecule has 0 aromatic rings. The van der Waals surface area contributed by atoms with Crippen LogP contribution in [0.1, 0.15) is 0 Å². The zero-order valence-electron chi connectivity index (χ0n) is 4.10. The molecule has 3 heteroatoms. The standard InChI is InChI=1S/C4H4O2.K/c1-2-3-4(5)6;/h3H,1H2,(H,5,6);/q;+1/p-1. The van der Waals surface area contributed by atoms with Crippen LogP contribution in [-0.2, 0) is 4.79 Å². The van der Waals surface area contributed by atoms with E-state index in [1.54, 1.807) is 0 Å². The fraction of sp³-hybridized carbons (Fsp3) is 0. The van der Waals surface area contributed by atoms with Crippen LogP contribution in [0.15, 0.2) is 18.4 Å². The van der Waals surface area contributed by atoms with Gasteiger partial charge in [-0.3, -0.25) is 0 Å². The fourth-order valence-electron chi connectivity index (χ4n) is 0.0833. The third-order valence-electron chi connectivity index (χ3n) is 0.220. The van der Waals surface area contributed by atoms with Gasteiger partial charge in [0.05, 0.1) is 5.97 Å². The molecule has 0 amide bonds. The second-order valence-corrected chi connectivity index (χ2v) is 0.667. The molecule has 0 N–H and O–H groups in total. The Morgan fingerprint density at radius 2 is 2.29 bits per heavy atom. The summed E-state index contributed by atoms with van der Waals surface area (Å²) in [6, 6.07) is 0. The Bertz CT molecular complexity index is 102. The number of carbonyl (C=O) groups is 1. The molecule has 7 heavy (non-hydrogen) atoms. The van der Waals surface area contributed by atoms with Crippen molar-refractivity contribution in [3.8, 4) is 0 Å². The van der Waals surface area contributed by atoms with Gasteiger partial charge in [-0.1, -0.05) is 6.58 Å². The van der Waals surface area contributed by atoms with Gasteiger partial charge < -0.3 is 9.90 Å². The van der Waals surface area contributed by atoms with E-state index in [2.05, 4.69) is 6.58 Å². The van der Waals surface area contributed by atoms with Crippen molar-refractivity contribution in [3.63, 3.8) is 0 Å². The first-order chi connectivity index (χ1) is 2.77. The Hall–Kier alpha value is 0.626. The summed E-state index contributed by atoms with van der Waals surface area (Å²) in [6.45, 7) is 3.00. The van der Waals surface area contributed by atoms with Crippen molar-refractivity contribution < 1.29 is 61.3 Å². The maximum absolute atomic E-state index is 9.33. The number of hydrogen-bond donors (Lipinski definition) is 0. The first kappa shape index (κ1) is 10.6. The summed E-state index contributed by atoms with van der Waals surface area (Å²) in [5, 5.41) is 9.33. The summed E-state index contributed by atoms with van der Waals surface area (Å²) in [4.78, 5) is 9.33. The third kappa shape index (κ3) is 10.8. The number of carboxylic acids is 1. The number of rotatable bonds is 1. The van der Waals surface area contributed by atoms with Gasteiger partial charge in [-0.05, 0) is 0 Å². The van der Waals surface area contributed by atoms with Crippen molar-refractivity contribution in [1.29, 1.82) is 0 Å². The Kier molecular flexibility index (Phi) is 10.0. The van der Waals surface area contributed by atoms with Gasteiger partial charge in [0, 0.05) is 6.08 Å². The van der Waals surface area contributed by atoms with Crippen LogP contribution in [-0.4, -0.2) is 5.97 Å². The molecule has 0 aliphatic carbocycles. The summed E-state index contributed by atoms with van der Waals surface area (Å²) < 4.78 is 0. The largest absolute Gasteiger partial charge is 1.00 e. The number of hydrogen-bond acceptors (Lipinski definition) is 2. The molecule has 0 aromatic heterocycles. The summed E-state index contributed by atoms with van der Waals surface area (Å²) >= 11 is 0. The van der Waals surface area contributed by atoms with Crippen LogP contribution in [0.4, 0.5) is 0 Å². The van der Waals surface area contributed by atoms with Crippen LogP contribution in [0, 0.1) is 0 Å². The average molecular weight is 122 g/mol. The van der Waals surface area contributed by atoms with Crippen LogP contribution in [0.25, 0.3) is 0 Å². The molecule has 0 fully saturated rings. The van der Waals surface area contributed by atoms with Crippen LogP contribution in [0.2, 0.25) is 0 Å². The third-order valence-corrected chi connectivity index (χ3v) is 0.220. The SMILES string of the molecule is C=C=CC(=O)[O-].[K+]. The molecule has 2 nitrogen and oxygen atoms in total. The number of carbonyl (C=O) groups excluding carboxylic acids is 1.